The maximum atomic E-state index is 12.6. The number of rotatable bonds is 3. The van der Waals surface area contributed by atoms with E-state index in [4.69, 9.17) is 17.0 Å². The molecule has 4 nitrogen and oxygen atoms in total. The number of nitrogens with one attached hydrogen (secondary N) is 2. The van der Waals surface area contributed by atoms with Gasteiger partial charge in [0.05, 0.1) is 12.7 Å². The van der Waals surface area contributed by atoms with Crippen LogP contribution >= 0.6 is 28.1 Å². The highest BCUT2D eigenvalue weighted by Crippen LogP contribution is 2.35. The van der Waals surface area contributed by atoms with Crippen molar-refractivity contribution in [1.29, 1.82) is 0 Å². The van der Waals surface area contributed by atoms with Gasteiger partial charge in [0, 0.05) is 15.5 Å². The molecule has 0 atom stereocenters. The van der Waals surface area contributed by atoms with E-state index in [1.807, 2.05) is 12.1 Å². The van der Waals surface area contributed by atoms with Gasteiger partial charge in [-0.25, -0.2) is 0 Å². The quantitative estimate of drug-likeness (QED) is 0.572. The van der Waals surface area contributed by atoms with Gasteiger partial charge in [-0.15, -0.1) is 0 Å². The minimum absolute atomic E-state index is 0.251. The molecule has 0 unspecified atom stereocenters. The third-order valence-electron chi connectivity index (χ3n) is 4.76. The van der Waals surface area contributed by atoms with Gasteiger partial charge in [-0.2, -0.15) is 0 Å². The standard InChI is InChI=1S/C21H17BrN2O2S/c1-26-18-10-8-14(22)11-16(18)20(25)24-21(27)23-17-9-7-13-6-5-12-3-2-4-15(17)19(12)13/h2-4,7-11H,5-6H2,1H3,(H2,23,24,25,27). The average molecular weight is 441 g/mol. The van der Waals surface area contributed by atoms with E-state index < -0.39 is 0 Å². The minimum atomic E-state index is -0.323. The summed E-state index contributed by atoms with van der Waals surface area (Å²) in [5.74, 6) is 0.167. The summed E-state index contributed by atoms with van der Waals surface area (Å²) in [5.41, 5.74) is 4.03. The number of anilines is 1. The van der Waals surface area contributed by atoms with Gasteiger partial charge < -0.3 is 10.1 Å². The zero-order chi connectivity index (χ0) is 19.0. The van der Waals surface area contributed by atoms with E-state index in [0.29, 0.717) is 11.3 Å². The van der Waals surface area contributed by atoms with E-state index in [-0.39, 0.29) is 11.0 Å². The number of methoxy groups -OCH3 is 1. The van der Waals surface area contributed by atoms with Crippen LogP contribution in [0.1, 0.15) is 21.5 Å². The van der Waals surface area contributed by atoms with Crippen molar-refractivity contribution in [2.75, 3.05) is 12.4 Å². The molecular formula is C21H17BrN2O2S. The lowest BCUT2D eigenvalue weighted by atomic mass is 10.0. The van der Waals surface area contributed by atoms with E-state index in [0.717, 1.165) is 28.4 Å². The number of ether oxygens (including phenoxy) is 1. The number of carbonyl (C=O) groups is 1. The molecule has 0 aromatic heterocycles. The third-order valence-corrected chi connectivity index (χ3v) is 5.46. The topological polar surface area (TPSA) is 50.4 Å². The fourth-order valence-corrected chi connectivity index (χ4v) is 4.10. The van der Waals surface area contributed by atoms with Crippen LogP contribution in [0.5, 0.6) is 5.75 Å². The Morgan fingerprint density at radius 1 is 1.11 bits per heavy atom. The molecule has 1 amide bonds. The molecule has 2 N–H and O–H groups in total. The predicted molar refractivity (Wildman–Crippen MR) is 116 cm³/mol. The summed E-state index contributed by atoms with van der Waals surface area (Å²) >= 11 is 8.75. The first-order valence-corrected chi connectivity index (χ1v) is 9.76. The maximum Gasteiger partial charge on any atom is 0.261 e. The van der Waals surface area contributed by atoms with Crippen LogP contribution in [0.4, 0.5) is 5.69 Å². The zero-order valence-electron chi connectivity index (χ0n) is 14.6. The van der Waals surface area contributed by atoms with Crippen LogP contribution in [0.25, 0.3) is 10.8 Å². The molecule has 136 valence electrons. The van der Waals surface area contributed by atoms with Crippen LogP contribution in [0, 0.1) is 0 Å². The fraction of sp³-hybridized carbons (Fsp3) is 0.143. The van der Waals surface area contributed by atoms with Crippen LogP contribution in [0.2, 0.25) is 0 Å². The van der Waals surface area contributed by atoms with Gasteiger partial charge in [0.15, 0.2) is 5.11 Å². The number of aryl methyl sites for hydroxylation is 2. The van der Waals surface area contributed by atoms with E-state index in [1.54, 1.807) is 12.1 Å². The third kappa shape index (κ3) is 3.42. The van der Waals surface area contributed by atoms with Crippen molar-refractivity contribution >= 4 is 55.6 Å². The summed E-state index contributed by atoms with van der Waals surface area (Å²) in [7, 11) is 1.53. The second kappa shape index (κ2) is 7.29. The number of benzene rings is 3. The molecule has 0 heterocycles. The number of hydrogen-bond donors (Lipinski definition) is 2. The molecule has 1 aliphatic rings. The summed E-state index contributed by atoms with van der Waals surface area (Å²) in [6.07, 6.45) is 2.14. The Bertz CT molecular complexity index is 1070. The predicted octanol–water partition coefficient (Wildman–Crippen LogP) is 4.84. The van der Waals surface area contributed by atoms with E-state index in [2.05, 4.69) is 50.8 Å². The molecule has 6 heteroatoms. The summed E-state index contributed by atoms with van der Waals surface area (Å²) in [6, 6.07) is 15.7. The molecule has 0 spiro atoms. The summed E-state index contributed by atoms with van der Waals surface area (Å²) in [5, 5.41) is 8.58. The molecule has 27 heavy (non-hydrogen) atoms. The van der Waals surface area contributed by atoms with Crippen molar-refractivity contribution in [2.24, 2.45) is 0 Å². The maximum absolute atomic E-state index is 12.6. The summed E-state index contributed by atoms with van der Waals surface area (Å²) in [6.45, 7) is 0. The van der Waals surface area contributed by atoms with Crippen molar-refractivity contribution in [2.45, 2.75) is 12.8 Å². The van der Waals surface area contributed by atoms with Crippen LogP contribution in [0.3, 0.4) is 0 Å². The first-order valence-electron chi connectivity index (χ1n) is 8.56. The Labute approximate surface area is 171 Å². The lowest BCUT2D eigenvalue weighted by Gasteiger charge is -2.14. The molecule has 0 aliphatic heterocycles. The Morgan fingerprint density at radius 2 is 1.89 bits per heavy atom. The highest BCUT2D eigenvalue weighted by atomic mass is 79.9. The van der Waals surface area contributed by atoms with Crippen molar-refractivity contribution in [3.8, 4) is 5.75 Å². The fourth-order valence-electron chi connectivity index (χ4n) is 3.54. The minimum Gasteiger partial charge on any atom is -0.496 e. The Balaban J connectivity index is 1.57. The Hall–Kier alpha value is -2.44. The molecule has 3 aromatic rings. The Kier molecular flexibility index (Phi) is 4.85. The van der Waals surface area contributed by atoms with Gasteiger partial charge in [0.2, 0.25) is 0 Å². The molecule has 0 saturated heterocycles. The van der Waals surface area contributed by atoms with Gasteiger partial charge in [-0.3, -0.25) is 10.1 Å². The first-order chi connectivity index (χ1) is 13.1. The monoisotopic (exact) mass is 440 g/mol. The second-order valence-corrected chi connectivity index (χ2v) is 7.69. The molecule has 0 saturated carbocycles. The molecular weight excluding hydrogens is 424 g/mol. The SMILES string of the molecule is COc1ccc(Br)cc1C(=O)NC(=S)Nc1ccc2c3c(cccc13)CC2. The van der Waals surface area contributed by atoms with Crippen molar-refractivity contribution < 1.29 is 9.53 Å². The number of halogens is 1. The molecule has 3 aromatic carbocycles. The van der Waals surface area contributed by atoms with Crippen molar-refractivity contribution in [3.05, 3.63) is 69.7 Å². The highest BCUT2D eigenvalue weighted by molar-refractivity contribution is 9.10. The first kappa shape index (κ1) is 17.9. The van der Waals surface area contributed by atoms with Gasteiger partial charge in [-0.1, -0.05) is 40.2 Å². The normalized spacial score (nSPS) is 12.1. The highest BCUT2D eigenvalue weighted by Gasteiger charge is 2.18. The van der Waals surface area contributed by atoms with Crippen molar-refractivity contribution in [3.63, 3.8) is 0 Å². The summed E-state index contributed by atoms with van der Waals surface area (Å²) in [4.78, 5) is 12.6. The second-order valence-electron chi connectivity index (χ2n) is 6.36. The van der Waals surface area contributed by atoms with Gasteiger partial charge in [-0.05, 0) is 65.8 Å². The Morgan fingerprint density at radius 3 is 2.67 bits per heavy atom. The van der Waals surface area contributed by atoms with Crippen LogP contribution < -0.4 is 15.4 Å². The van der Waals surface area contributed by atoms with Crippen LogP contribution in [-0.4, -0.2) is 18.1 Å². The van der Waals surface area contributed by atoms with E-state index in [9.17, 15) is 4.79 Å². The van der Waals surface area contributed by atoms with Crippen LogP contribution in [0.15, 0.2) is 53.0 Å². The van der Waals surface area contributed by atoms with Gasteiger partial charge >= 0.3 is 0 Å². The molecule has 0 fully saturated rings. The lowest BCUT2D eigenvalue weighted by molar-refractivity contribution is 0.0974. The number of thiocarbonyl (C=S) groups is 1. The average Bonchev–Trinajstić information content (AvgIpc) is 3.08. The largest absolute Gasteiger partial charge is 0.496 e. The molecule has 0 radical (unpaired) electrons. The number of amides is 1. The number of carbonyl (C=O) groups excluding carboxylic acids is 1. The summed E-state index contributed by atoms with van der Waals surface area (Å²) < 4.78 is 6.06. The van der Waals surface area contributed by atoms with E-state index in [1.165, 1.54) is 23.6 Å². The van der Waals surface area contributed by atoms with Gasteiger partial charge in [0.1, 0.15) is 5.75 Å². The molecule has 0 bridgehead atoms. The smallest absolute Gasteiger partial charge is 0.261 e. The van der Waals surface area contributed by atoms with Crippen LogP contribution in [-0.2, 0) is 12.8 Å². The van der Waals surface area contributed by atoms with Crippen molar-refractivity contribution in [1.82, 2.24) is 5.32 Å². The zero-order valence-corrected chi connectivity index (χ0v) is 17.0. The van der Waals surface area contributed by atoms with Gasteiger partial charge in [0.25, 0.3) is 5.91 Å². The number of hydrogen-bond acceptors (Lipinski definition) is 3. The van der Waals surface area contributed by atoms with E-state index >= 15 is 0 Å². The lowest BCUT2D eigenvalue weighted by Crippen LogP contribution is -2.34. The molecule has 4 rings (SSSR count). The molecule has 1 aliphatic carbocycles.